The number of aromatic nitrogens is 1. The summed E-state index contributed by atoms with van der Waals surface area (Å²) in [4.78, 5) is 6.78. The van der Waals surface area contributed by atoms with E-state index >= 15 is 0 Å². The van der Waals surface area contributed by atoms with E-state index in [1.807, 2.05) is 12.1 Å². The normalized spacial score (nSPS) is 20.3. The van der Waals surface area contributed by atoms with E-state index in [1.165, 1.54) is 0 Å². The standard InChI is InChI=1S/C12H17N3OS/c1-2-10-8-15(5-6-16-10)9-3-4-14-11(7-9)12(13)17/h3-4,7,10H,2,5-6,8H2,1H3,(H2,13,17). The summed E-state index contributed by atoms with van der Waals surface area (Å²) in [7, 11) is 0. The van der Waals surface area contributed by atoms with Crippen LogP contribution < -0.4 is 10.6 Å². The second-order valence-corrected chi connectivity index (χ2v) is 4.55. The number of hydrogen-bond donors (Lipinski definition) is 1. The summed E-state index contributed by atoms with van der Waals surface area (Å²) in [5.41, 5.74) is 7.38. The van der Waals surface area contributed by atoms with Crippen LogP contribution in [0, 0.1) is 0 Å². The van der Waals surface area contributed by atoms with Gasteiger partial charge in [-0.25, -0.2) is 0 Å². The number of nitrogens with two attached hydrogens (primary N) is 1. The molecule has 2 N–H and O–H groups in total. The number of hydrogen-bond acceptors (Lipinski definition) is 4. The Morgan fingerprint density at radius 1 is 1.71 bits per heavy atom. The largest absolute Gasteiger partial charge is 0.388 e. The van der Waals surface area contributed by atoms with Crippen LogP contribution in [-0.4, -0.2) is 35.8 Å². The first-order chi connectivity index (χ1) is 8.20. The Hall–Kier alpha value is -1.20. The van der Waals surface area contributed by atoms with E-state index < -0.39 is 0 Å². The summed E-state index contributed by atoms with van der Waals surface area (Å²) < 4.78 is 5.65. The Labute approximate surface area is 107 Å². The van der Waals surface area contributed by atoms with E-state index in [2.05, 4.69) is 16.8 Å². The summed E-state index contributed by atoms with van der Waals surface area (Å²) in [6, 6.07) is 3.93. The zero-order chi connectivity index (χ0) is 12.3. The molecule has 1 aromatic rings. The number of pyridine rings is 1. The van der Waals surface area contributed by atoms with E-state index in [9.17, 15) is 0 Å². The number of nitrogens with zero attached hydrogens (tertiary/aromatic N) is 2. The first-order valence-electron chi connectivity index (χ1n) is 5.83. The molecule has 1 atom stereocenters. The third-order valence-electron chi connectivity index (χ3n) is 2.96. The van der Waals surface area contributed by atoms with Crippen molar-refractivity contribution in [2.45, 2.75) is 19.4 Å². The van der Waals surface area contributed by atoms with Gasteiger partial charge >= 0.3 is 0 Å². The highest BCUT2D eigenvalue weighted by Crippen LogP contribution is 2.19. The van der Waals surface area contributed by atoms with Gasteiger partial charge in [-0.05, 0) is 18.6 Å². The van der Waals surface area contributed by atoms with E-state index in [0.717, 1.165) is 31.8 Å². The predicted molar refractivity (Wildman–Crippen MR) is 72.4 cm³/mol. The van der Waals surface area contributed by atoms with Gasteiger partial charge in [-0.2, -0.15) is 0 Å². The summed E-state index contributed by atoms with van der Waals surface area (Å²) in [6.45, 7) is 4.72. The van der Waals surface area contributed by atoms with Gasteiger partial charge in [0.05, 0.1) is 18.4 Å². The van der Waals surface area contributed by atoms with Crippen LogP contribution in [0.1, 0.15) is 19.0 Å². The summed E-state index contributed by atoms with van der Waals surface area (Å²) in [6.07, 6.45) is 3.09. The van der Waals surface area contributed by atoms with E-state index in [0.29, 0.717) is 16.8 Å². The molecule has 4 nitrogen and oxygen atoms in total. The smallest absolute Gasteiger partial charge is 0.122 e. The first-order valence-corrected chi connectivity index (χ1v) is 6.24. The van der Waals surface area contributed by atoms with Crippen LogP contribution in [0.2, 0.25) is 0 Å². The van der Waals surface area contributed by atoms with Crippen LogP contribution in [0.25, 0.3) is 0 Å². The van der Waals surface area contributed by atoms with Gasteiger partial charge in [-0.1, -0.05) is 19.1 Å². The molecule has 1 aliphatic rings. The minimum absolute atomic E-state index is 0.310. The maximum atomic E-state index is 5.65. The zero-order valence-electron chi connectivity index (χ0n) is 9.93. The molecule has 1 fully saturated rings. The van der Waals surface area contributed by atoms with Crippen molar-refractivity contribution < 1.29 is 4.74 Å². The van der Waals surface area contributed by atoms with Gasteiger partial charge in [-0.15, -0.1) is 0 Å². The molecule has 5 heteroatoms. The molecule has 0 aromatic carbocycles. The number of anilines is 1. The molecule has 1 aliphatic heterocycles. The number of morpholine rings is 1. The molecule has 17 heavy (non-hydrogen) atoms. The lowest BCUT2D eigenvalue weighted by atomic mass is 10.2. The molecule has 2 heterocycles. The average molecular weight is 251 g/mol. The first kappa shape index (κ1) is 12.3. The van der Waals surface area contributed by atoms with Crippen LogP contribution >= 0.6 is 12.2 Å². The van der Waals surface area contributed by atoms with Crippen LogP contribution in [-0.2, 0) is 4.74 Å². The van der Waals surface area contributed by atoms with Gasteiger partial charge in [0.1, 0.15) is 4.99 Å². The van der Waals surface area contributed by atoms with Crippen molar-refractivity contribution in [3.63, 3.8) is 0 Å². The molecule has 2 rings (SSSR count). The second-order valence-electron chi connectivity index (χ2n) is 4.11. The monoisotopic (exact) mass is 251 g/mol. The topological polar surface area (TPSA) is 51.4 Å². The Morgan fingerprint density at radius 3 is 3.24 bits per heavy atom. The highest BCUT2D eigenvalue weighted by molar-refractivity contribution is 7.80. The van der Waals surface area contributed by atoms with Gasteiger partial charge in [0.2, 0.25) is 0 Å². The molecule has 0 aliphatic carbocycles. The fourth-order valence-electron chi connectivity index (χ4n) is 1.95. The van der Waals surface area contributed by atoms with Crippen LogP contribution in [0.5, 0.6) is 0 Å². The summed E-state index contributed by atoms with van der Waals surface area (Å²) in [5, 5.41) is 0. The van der Waals surface area contributed by atoms with Gasteiger partial charge in [0, 0.05) is 25.0 Å². The molecule has 0 amide bonds. The van der Waals surface area contributed by atoms with Crippen LogP contribution in [0.4, 0.5) is 5.69 Å². The molecule has 1 aromatic heterocycles. The third-order valence-corrected chi connectivity index (χ3v) is 3.16. The molecular weight excluding hydrogens is 234 g/mol. The highest BCUT2D eigenvalue weighted by Gasteiger charge is 2.19. The van der Waals surface area contributed by atoms with Crippen molar-refractivity contribution >= 4 is 22.9 Å². The molecule has 0 spiro atoms. The fourth-order valence-corrected chi connectivity index (χ4v) is 2.06. The highest BCUT2D eigenvalue weighted by atomic mass is 32.1. The molecule has 92 valence electrons. The van der Waals surface area contributed by atoms with Crippen LogP contribution in [0.3, 0.4) is 0 Å². The van der Waals surface area contributed by atoms with E-state index in [4.69, 9.17) is 22.7 Å². The molecule has 0 saturated carbocycles. The van der Waals surface area contributed by atoms with E-state index in [1.54, 1.807) is 6.20 Å². The van der Waals surface area contributed by atoms with Gasteiger partial charge < -0.3 is 15.4 Å². The Bertz CT molecular complexity index is 410. The van der Waals surface area contributed by atoms with Crippen molar-refractivity contribution in [3.8, 4) is 0 Å². The van der Waals surface area contributed by atoms with Crippen molar-refractivity contribution in [3.05, 3.63) is 24.0 Å². The Balaban J connectivity index is 2.16. The molecule has 1 unspecified atom stereocenters. The zero-order valence-corrected chi connectivity index (χ0v) is 10.7. The summed E-state index contributed by atoms with van der Waals surface area (Å²) >= 11 is 4.94. The van der Waals surface area contributed by atoms with Crippen molar-refractivity contribution in [2.75, 3.05) is 24.6 Å². The van der Waals surface area contributed by atoms with Crippen molar-refractivity contribution in [2.24, 2.45) is 5.73 Å². The van der Waals surface area contributed by atoms with E-state index in [-0.39, 0.29) is 0 Å². The van der Waals surface area contributed by atoms with Gasteiger partial charge in [0.15, 0.2) is 0 Å². The third kappa shape index (κ3) is 2.92. The minimum atomic E-state index is 0.310. The van der Waals surface area contributed by atoms with Crippen molar-refractivity contribution in [1.82, 2.24) is 4.98 Å². The Morgan fingerprint density at radius 2 is 2.53 bits per heavy atom. The number of ether oxygens (including phenoxy) is 1. The Kier molecular flexibility index (Phi) is 3.91. The minimum Gasteiger partial charge on any atom is -0.388 e. The molecule has 1 saturated heterocycles. The average Bonchev–Trinajstić information content (AvgIpc) is 2.39. The number of thiocarbonyl (C=S) groups is 1. The maximum Gasteiger partial charge on any atom is 0.122 e. The molecular formula is C12H17N3OS. The number of rotatable bonds is 3. The molecule has 0 radical (unpaired) electrons. The van der Waals surface area contributed by atoms with Gasteiger partial charge in [0.25, 0.3) is 0 Å². The summed E-state index contributed by atoms with van der Waals surface area (Å²) in [5.74, 6) is 0. The molecule has 0 bridgehead atoms. The quantitative estimate of drug-likeness (QED) is 0.821. The lowest BCUT2D eigenvalue weighted by Crippen LogP contribution is -2.42. The lowest BCUT2D eigenvalue weighted by Gasteiger charge is -2.34. The second kappa shape index (κ2) is 5.42. The maximum absolute atomic E-state index is 5.65. The fraction of sp³-hybridized carbons (Fsp3) is 0.500. The lowest BCUT2D eigenvalue weighted by molar-refractivity contribution is 0.0384. The van der Waals surface area contributed by atoms with Gasteiger partial charge in [-0.3, -0.25) is 4.98 Å². The predicted octanol–water partition coefficient (Wildman–Crippen LogP) is 1.33. The SMILES string of the molecule is CCC1CN(c2ccnc(C(N)=S)c2)CCO1. The van der Waals surface area contributed by atoms with Crippen LogP contribution in [0.15, 0.2) is 18.3 Å². The van der Waals surface area contributed by atoms with Crippen molar-refractivity contribution in [1.29, 1.82) is 0 Å².